The minimum absolute atomic E-state index is 0.0139. The molecule has 6 nitrogen and oxygen atoms in total. The predicted octanol–water partition coefficient (Wildman–Crippen LogP) is 3.04. The fourth-order valence-corrected chi connectivity index (χ4v) is 6.24. The summed E-state index contributed by atoms with van der Waals surface area (Å²) in [5, 5.41) is 3.06. The molecule has 2 heterocycles. The van der Waals surface area contributed by atoms with Crippen LogP contribution in [0, 0.1) is 5.92 Å². The Bertz CT molecular complexity index is 762. The summed E-state index contributed by atoms with van der Waals surface area (Å²) in [6.07, 6.45) is 9.08. The number of piperidine rings is 1. The number of hydrogen-bond acceptors (Lipinski definition) is 4. The van der Waals surface area contributed by atoms with Crippen molar-refractivity contribution in [2.24, 2.45) is 5.92 Å². The Labute approximate surface area is 188 Å². The summed E-state index contributed by atoms with van der Waals surface area (Å²) in [6, 6.07) is 9.98. The highest BCUT2D eigenvalue weighted by molar-refractivity contribution is 7.89. The third-order valence-corrected chi connectivity index (χ3v) is 8.43. The fourth-order valence-electron chi connectivity index (χ4n) is 4.66. The lowest BCUT2D eigenvalue weighted by molar-refractivity contribution is -0.126. The highest BCUT2D eigenvalue weighted by atomic mass is 32.2. The molecule has 2 aliphatic heterocycles. The molecule has 0 bridgehead atoms. The van der Waals surface area contributed by atoms with Crippen molar-refractivity contribution in [3.63, 3.8) is 0 Å². The number of hydrogen-bond donors (Lipinski definition) is 1. The minimum Gasteiger partial charge on any atom is -0.356 e. The van der Waals surface area contributed by atoms with E-state index in [1.54, 1.807) is 4.31 Å². The van der Waals surface area contributed by atoms with Crippen molar-refractivity contribution in [3.05, 3.63) is 35.9 Å². The van der Waals surface area contributed by atoms with Gasteiger partial charge in [0, 0.05) is 19.6 Å². The van der Waals surface area contributed by atoms with E-state index in [0.717, 1.165) is 37.8 Å². The van der Waals surface area contributed by atoms with E-state index in [4.69, 9.17) is 0 Å². The zero-order valence-electron chi connectivity index (χ0n) is 18.8. The SMILES string of the molecule is O=C(NCCCN1CCCCCC1)[C@H]1CCCN(S(=O)(=O)CCCc2ccccc2)C1. The molecular formula is C24H39N3O3S. The Balaban J connectivity index is 1.37. The predicted molar refractivity (Wildman–Crippen MR) is 125 cm³/mol. The van der Waals surface area contributed by atoms with Gasteiger partial charge in [-0.05, 0) is 70.1 Å². The highest BCUT2D eigenvalue weighted by Gasteiger charge is 2.31. The molecule has 2 fully saturated rings. The van der Waals surface area contributed by atoms with Gasteiger partial charge in [-0.15, -0.1) is 0 Å². The molecule has 3 rings (SSSR count). The molecule has 1 atom stereocenters. The van der Waals surface area contributed by atoms with Crippen LogP contribution < -0.4 is 5.32 Å². The molecule has 1 amide bonds. The first kappa shape index (κ1) is 24.2. The molecule has 1 N–H and O–H groups in total. The van der Waals surface area contributed by atoms with Crippen molar-refractivity contribution in [3.8, 4) is 0 Å². The van der Waals surface area contributed by atoms with Crippen LogP contribution in [-0.2, 0) is 21.2 Å². The second-order valence-corrected chi connectivity index (χ2v) is 11.1. The number of nitrogens with one attached hydrogen (secondary N) is 1. The summed E-state index contributed by atoms with van der Waals surface area (Å²) in [6.45, 7) is 4.92. The van der Waals surface area contributed by atoms with E-state index in [1.807, 2.05) is 30.3 Å². The smallest absolute Gasteiger partial charge is 0.224 e. The number of carbonyl (C=O) groups is 1. The summed E-state index contributed by atoms with van der Waals surface area (Å²) in [4.78, 5) is 15.1. The quantitative estimate of drug-likeness (QED) is 0.558. The van der Waals surface area contributed by atoms with E-state index in [9.17, 15) is 13.2 Å². The van der Waals surface area contributed by atoms with Gasteiger partial charge in [-0.25, -0.2) is 12.7 Å². The Morgan fingerprint density at radius 2 is 1.71 bits per heavy atom. The molecule has 0 aromatic heterocycles. The van der Waals surface area contributed by atoms with E-state index in [1.165, 1.54) is 38.8 Å². The lowest BCUT2D eigenvalue weighted by atomic mass is 9.99. The molecule has 0 spiro atoms. The van der Waals surface area contributed by atoms with Gasteiger partial charge < -0.3 is 10.2 Å². The zero-order valence-corrected chi connectivity index (χ0v) is 19.6. The maximum Gasteiger partial charge on any atom is 0.224 e. The number of rotatable bonds is 10. The lowest BCUT2D eigenvalue weighted by Gasteiger charge is -2.31. The van der Waals surface area contributed by atoms with E-state index in [-0.39, 0.29) is 17.6 Å². The van der Waals surface area contributed by atoms with Crippen molar-refractivity contribution in [2.75, 3.05) is 45.0 Å². The number of sulfonamides is 1. The number of amides is 1. The number of carbonyl (C=O) groups excluding carboxylic acids is 1. The van der Waals surface area contributed by atoms with Crippen LogP contribution >= 0.6 is 0 Å². The molecule has 0 aliphatic carbocycles. The van der Waals surface area contributed by atoms with Crippen LogP contribution in [0.2, 0.25) is 0 Å². The van der Waals surface area contributed by atoms with Gasteiger partial charge in [0.05, 0.1) is 11.7 Å². The number of nitrogens with zero attached hydrogens (tertiary/aromatic N) is 2. The highest BCUT2D eigenvalue weighted by Crippen LogP contribution is 2.20. The molecule has 0 saturated carbocycles. The van der Waals surface area contributed by atoms with Crippen molar-refractivity contribution in [1.82, 2.24) is 14.5 Å². The van der Waals surface area contributed by atoms with E-state index >= 15 is 0 Å². The standard InChI is InChI=1S/C24H39N3O3S/c28-24(25-15-10-18-26-16-6-1-2-7-17-26)23-14-8-19-27(21-23)31(29,30)20-9-13-22-11-4-3-5-12-22/h3-5,11-12,23H,1-2,6-10,13-21H2,(H,25,28)/t23-/m0/s1. The third-order valence-electron chi connectivity index (χ3n) is 6.51. The monoisotopic (exact) mass is 449 g/mol. The van der Waals surface area contributed by atoms with Gasteiger partial charge in [-0.1, -0.05) is 43.2 Å². The van der Waals surface area contributed by atoms with Crippen LogP contribution in [0.5, 0.6) is 0 Å². The van der Waals surface area contributed by atoms with Crippen molar-refractivity contribution < 1.29 is 13.2 Å². The number of likely N-dealkylation sites (tertiary alicyclic amines) is 1. The molecule has 2 aliphatic rings. The van der Waals surface area contributed by atoms with Crippen LogP contribution in [0.15, 0.2) is 30.3 Å². The second-order valence-electron chi connectivity index (χ2n) is 9.00. The third kappa shape index (κ3) is 8.20. The number of benzene rings is 1. The Morgan fingerprint density at radius 3 is 2.45 bits per heavy atom. The van der Waals surface area contributed by atoms with Gasteiger partial charge in [0.25, 0.3) is 0 Å². The Morgan fingerprint density at radius 1 is 0.968 bits per heavy atom. The van der Waals surface area contributed by atoms with Gasteiger partial charge in [-0.3, -0.25) is 4.79 Å². The summed E-state index contributed by atoms with van der Waals surface area (Å²) < 4.78 is 27.1. The maximum atomic E-state index is 12.8. The van der Waals surface area contributed by atoms with E-state index < -0.39 is 10.0 Å². The largest absolute Gasteiger partial charge is 0.356 e. The lowest BCUT2D eigenvalue weighted by Crippen LogP contribution is -2.46. The average molecular weight is 450 g/mol. The molecule has 1 aromatic rings. The van der Waals surface area contributed by atoms with Crippen LogP contribution in [0.3, 0.4) is 0 Å². The summed E-state index contributed by atoms with van der Waals surface area (Å²) in [5.41, 5.74) is 1.16. The molecule has 0 radical (unpaired) electrons. The number of aryl methyl sites for hydroxylation is 1. The van der Waals surface area contributed by atoms with Gasteiger partial charge in [-0.2, -0.15) is 0 Å². The maximum absolute atomic E-state index is 12.8. The first-order valence-electron chi connectivity index (χ1n) is 12.1. The van der Waals surface area contributed by atoms with Gasteiger partial charge in [0.2, 0.25) is 15.9 Å². The van der Waals surface area contributed by atoms with Gasteiger partial charge in [0.1, 0.15) is 0 Å². The Hall–Kier alpha value is -1.44. The summed E-state index contributed by atoms with van der Waals surface area (Å²) >= 11 is 0. The first-order valence-corrected chi connectivity index (χ1v) is 13.7. The van der Waals surface area contributed by atoms with Crippen molar-refractivity contribution in [1.29, 1.82) is 0 Å². The summed E-state index contributed by atoms with van der Waals surface area (Å²) in [5.74, 6) is -0.0672. The van der Waals surface area contributed by atoms with Crippen LogP contribution in [0.4, 0.5) is 0 Å². The van der Waals surface area contributed by atoms with E-state index in [0.29, 0.717) is 26.1 Å². The molecule has 0 unspecified atom stereocenters. The fraction of sp³-hybridized carbons (Fsp3) is 0.708. The van der Waals surface area contributed by atoms with Crippen LogP contribution in [0.25, 0.3) is 0 Å². The molecule has 31 heavy (non-hydrogen) atoms. The van der Waals surface area contributed by atoms with Crippen molar-refractivity contribution >= 4 is 15.9 Å². The summed E-state index contributed by atoms with van der Waals surface area (Å²) in [7, 11) is -3.32. The normalized spacial score (nSPS) is 21.5. The van der Waals surface area contributed by atoms with Gasteiger partial charge >= 0.3 is 0 Å². The van der Waals surface area contributed by atoms with Gasteiger partial charge in [0.15, 0.2) is 0 Å². The Kier molecular flexibility index (Phi) is 9.81. The topological polar surface area (TPSA) is 69.7 Å². The second kappa shape index (κ2) is 12.6. The average Bonchev–Trinajstić information content (AvgIpc) is 3.06. The molecule has 2 saturated heterocycles. The molecule has 7 heteroatoms. The first-order chi connectivity index (χ1) is 15.0. The van der Waals surface area contributed by atoms with Crippen molar-refractivity contribution in [2.45, 2.75) is 57.8 Å². The zero-order chi connectivity index (χ0) is 21.9. The van der Waals surface area contributed by atoms with Crippen LogP contribution in [0.1, 0.15) is 56.9 Å². The van der Waals surface area contributed by atoms with Crippen LogP contribution in [-0.4, -0.2) is 68.6 Å². The molecular weight excluding hydrogens is 410 g/mol. The molecule has 174 valence electrons. The van der Waals surface area contributed by atoms with E-state index in [2.05, 4.69) is 10.2 Å². The minimum atomic E-state index is -3.32. The molecule has 1 aromatic carbocycles.